The maximum absolute atomic E-state index is 11.4. The molecule has 0 radical (unpaired) electrons. The minimum absolute atomic E-state index is 0.00979. The van der Waals surface area contributed by atoms with Crippen LogP contribution in [-0.4, -0.2) is 35.5 Å². The SMILES string of the molecule is CCNc1cc(C)nc(NCCNC(=O)C(C)C)n1. The lowest BCUT2D eigenvalue weighted by Crippen LogP contribution is -2.32. The van der Waals surface area contributed by atoms with Crippen LogP contribution in [0.2, 0.25) is 0 Å². The third-order valence-electron chi connectivity index (χ3n) is 2.44. The van der Waals surface area contributed by atoms with Crippen molar-refractivity contribution in [1.29, 1.82) is 0 Å². The molecule has 0 bridgehead atoms. The molecule has 19 heavy (non-hydrogen) atoms. The fourth-order valence-electron chi connectivity index (χ4n) is 1.48. The first kappa shape index (κ1) is 15.2. The van der Waals surface area contributed by atoms with Gasteiger partial charge in [0, 0.05) is 37.3 Å². The lowest BCUT2D eigenvalue weighted by atomic mass is 10.2. The molecule has 0 unspecified atom stereocenters. The number of nitrogens with one attached hydrogen (secondary N) is 3. The summed E-state index contributed by atoms with van der Waals surface area (Å²) < 4.78 is 0. The molecular formula is C13H23N5O. The lowest BCUT2D eigenvalue weighted by Gasteiger charge is -2.10. The number of nitrogens with zero attached hydrogens (tertiary/aromatic N) is 2. The van der Waals surface area contributed by atoms with Crippen molar-refractivity contribution in [3.8, 4) is 0 Å². The van der Waals surface area contributed by atoms with Crippen LogP contribution in [-0.2, 0) is 4.79 Å². The Hall–Kier alpha value is -1.85. The van der Waals surface area contributed by atoms with Gasteiger partial charge in [-0.3, -0.25) is 4.79 Å². The topological polar surface area (TPSA) is 78.9 Å². The zero-order chi connectivity index (χ0) is 14.3. The molecule has 1 rings (SSSR count). The summed E-state index contributed by atoms with van der Waals surface area (Å²) in [4.78, 5) is 20.0. The fourth-order valence-corrected chi connectivity index (χ4v) is 1.48. The van der Waals surface area contributed by atoms with Gasteiger partial charge < -0.3 is 16.0 Å². The van der Waals surface area contributed by atoms with Gasteiger partial charge in [0.05, 0.1) is 0 Å². The minimum atomic E-state index is 0.00979. The van der Waals surface area contributed by atoms with E-state index >= 15 is 0 Å². The molecule has 0 saturated heterocycles. The largest absolute Gasteiger partial charge is 0.370 e. The predicted octanol–water partition coefficient (Wildman–Crippen LogP) is 1.40. The predicted molar refractivity (Wildman–Crippen MR) is 77.3 cm³/mol. The number of carbonyl (C=O) groups is 1. The molecule has 0 fully saturated rings. The Balaban J connectivity index is 2.42. The van der Waals surface area contributed by atoms with Crippen LogP contribution in [0.1, 0.15) is 26.5 Å². The van der Waals surface area contributed by atoms with E-state index in [9.17, 15) is 4.79 Å². The molecule has 1 amide bonds. The monoisotopic (exact) mass is 265 g/mol. The molecule has 1 heterocycles. The molecule has 0 aliphatic heterocycles. The van der Waals surface area contributed by atoms with Crippen LogP contribution in [0, 0.1) is 12.8 Å². The highest BCUT2D eigenvalue weighted by Crippen LogP contribution is 2.08. The van der Waals surface area contributed by atoms with Gasteiger partial charge in [0.1, 0.15) is 5.82 Å². The van der Waals surface area contributed by atoms with E-state index in [0.29, 0.717) is 19.0 Å². The van der Waals surface area contributed by atoms with Crippen molar-refractivity contribution < 1.29 is 4.79 Å². The first-order chi connectivity index (χ1) is 9.02. The van der Waals surface area contributed by atoms with Gasteiger partial charge in [0.2, 0.25) is 11.9 Å². The second kappa shape index (κ2) is 7.56. The van der Waals surface area contributed by atoms with E-state index in [4.69, 9.17) is 0 Å². The Kier molecular flexibility index (Phi) is 6.05. The van der Waals surface area contributed by atoms with Gasteiger partial charge in [-0.1, -0.05) is 13.8 Å². The minimum Gasteiger partial charge on any atom is -0.370 e. The van der Waals surface area contributed by atoms with E-state index in [0.717, 1.165) is 18.1 Å². The third-order valence-corrected chi connectivity index (χ3v) is 2.44. The van der Waals surface area contributed by atoms with Crippen molar-refractivity contribution in [2.24, 2.45) is 5.92 Å². The summed E-state index contributed by atoms with van der Waals surface area (Å²) in [5.74, 6) is 1.45. The average molecular weight is 265 g/mol. The van der Waals surface area contributed by atoms with Crippen LogP contribution >= 0.6 is 0 Å². The molecule has 0 aliphatic rings. The highest BCUT2D eigenvalue weighted by molar-refractivity contribution is 5.77. The second-order valence-corrected chi connectivity index (χ2v) is 4.62. The number of hydrogen-bond acceptors (Lipinski definition) is 5. The standard InChI is InChI=1S/C13H23N5O/c1-5-14-11-8-10(4)17-13(18-11)16-7-6-15-12(19)9(2)3/h8-9H,5-7H2,1-4H3,(H,15,19)(H2,14,16,17,18). The van der Waals surface area contributed by atoms with E-state index in [-0.39, 0.29) is 11.8 Å². The smallest absolute Gasteiger partial charge is 0.224 e. The number of aromatic nitrogens is 2. The fraction of sp³-hybridized carbons (Fsp3) is 0.615. The van der Waals surface area contributed by atoms with E-state index in [2.05, 4.69) is 25.9 Å². The number of carbonyl (C=O) groups excluding carboxylic acids is 1. The lowest BCUT2D eigenvalue weighted by molar-refractivity contribution is -0.123. The molecule has 0 atom stereocenters. The highest BCUT2D eigenvalue weighted by atomic mass is 16.1. The normalized spacial score (nSPS) is 10.4. The van der Waals surface area contributed by atoms with Gasteiger partial charge in [-0.25, -0.2) is 4.98 Å². The van der Waals surface area contributed by atoms with Crippen molar-refractivity contribution >= 4 is 17.7 Å². The summed E-state index contributed by atoms with van der Waals surface area (Å²) in [7, 11) is 0. The van der Waals surface area contributed by atoms with Gasteiger partial charge in [0.15, 0.2) is 0 Å². The van der Waals surface area contributed by atoms with Gasteiger partial charge in [-0.05, 0) is 13.8 Å². The summed E-state index contributed by atoms with van der Waals surface area (Å²) in [6, 6.07) is 1.90. The zero-order valence-corrected chi connectivity index (χ0v) is 12.1. The third kappa shape index (κ3) is 5.54. The van der Waals surface area contributed by atoms with Gasteiger partial charge in [-0.2, -0.15) is 4.98 Å². The molecule has 0 aromatic carbocycles. The Morgan fingerprint density at radius 3 is 2.63 bits per heavy atom. The van der Waals surface area contributed by atoms with Crippen LogP contribution in [0.4, 0.5) is 11.8 Å². The molecule has 1 aromatic rings. The molecular weight excluding hydrogens is 242 g/mol. The maximum Gasteiger partial charge on any atom is 0.224 e. The summed E-state index contributed by atoms with van der Waals surface area (Å²) in [6.45, 7) is 9.67. The Labute approximate surface area is 114 Å². The van der Waals surface area contributed by atoms with Crippen LogP contribution in [0.5, 0.6) is 0 Å². The number of aryl methyl sites for hydroxylation is 1. The summed E-state index contributed by atoms with van der Waals surface area (Å²) >= 11 is 0. The number of hydrogen-bond donors (Lipinski definition) is 3. The van der Waals surface area contributed by atoms with Crippen molar-refractivity contribution in [1.82, 2.24) is 15.3 Å². The molecule has 6 nitrogen and oxygen atoms in total. The highest BCUT2D eigenvalue weighted by Gasteiger charge is 2.05. The average Bonchev–Trinajstić information content (AvgIpc) is 2.34. The van der Waals surface area contributed by atoms with Crippen LogP contribution < -0.4 is 16.0 Å². The number of anilines is 2. The van der Waals surface area contributed by atoms with Crippen molar-refractivity contribution in [2.75, 3.05) is 30.3 Å². The molecule has 106 valence electrons. The van der Waals surface area contributed by atoms with Crippen molar-refractivity contribution in [3.05, 3.63) is 11.8 Å². The van der Waals surface area contributed by atoms with Gasteiger partial charge in [0.25, 0.3) is 0 Å². The van der Waals surface area contributed by atoms with Crippen molar-refractivity contribution in [2.45, 2.75) is 27.7 Å². The second-order valence-electron chi connectivity index (χ2n) is 4.62. The van der Waals surface area contributed by atoms with E-state index in [1.54, 1.807) is 0 Å². The molecule has 0 aliphatic carbocycles. The molecule has 0 saturated carbocycles. The zero-order valence-electron chi connectivity index (χ0n) is 12.1. The Morgan fingerprint density at radius 2 is 2.00 bits per heavy atom. The van der Waals surface area contributed by atoms with E-state index in [1.807, 2.05) is 33.8 Å². The van der Waals surface area contributed by atoms with E-state index < -0.39 is 0 Å². The van der Waals surface area contributed by atoms with E-state index in [1.165, 1.54) is 0 Å². The molecule has 1 aromatic heterocycles. The van der Waals surface area contributed by atoms with Crippen LogP contribution in [0.3, 0.4) is 0 Å². The Morgan fingerprint density at radius 1 is 1.26 bits per heavy atom. The molecule has 3 N–H and O–H groups in total. The maximum atomic E-state index is 11.4. The summed E-state index contributed by atoms with van der Waals surface area (Å²) in [6.07, 6.45) is 0. The summed E-state index contributed by atoms with van der Waals surface area (Å²) in [5, 5.41) is 9.09. The number of rotatable bonds is 7. The first-order valence-electron chi connectivity index (χ1n) is 6.64. The van der Waals surface area contributed by atoms with Gasteiger partial charge in [-0.15, -0.1) is 0 Å². The summed E-state index contributed by atoms with van der Waals surface area (Å²) in [5.41, 5.74) is 0.902. The Bertz CT molecular complexity index is 419. The van der Waals surface area contributed by atoms with Crippen LogP contribution in [0.15, 0.2) is 6.07 Å². The van der Waals surface area contributed by atoms with Crippen LogP contribution in [0.25, 0.3) is 0 Å². The van der Waals surface area contributed by atoms with Gasteiger partial charge >= 0.3 is 0 Å². The van der Waals surface area contributed by atoms with Crippen molar-refractivity contribution in [3.63, 3.8) is 0 Å². The molecule has 0 spiro atoms. The quantitative estimate of drug-likeness (QED) is 0.649. The molecule has 6 heteroatoms. The number of amides is 1. The first-order valence-corrected chi connectivity index (χ1v) is 6.64.